The van der Waals surface area contributed by atoms with Crippen LogP contribution in [0.4, 0.5) is 10.5 Å². The van der Waals surface area contributed by atoms with Crippen molar-refractivity contribution >= 4 is 47.2 Å². The molecule has 1 saturated heterocycles. The van der Waals surface area contributed by atoms with Crippen LogP contribution >= 0.6 is 0 Å². The topological polar surface area (TPSA) is 304 Å². The third-order valence-corrected chi connectivity index (χ3v) is 13.9. The molecule has 1 fully saturated rings. The van der Waals surface area contributed by atoms with Crippen LogP contribution in [-0.4, -0.2) is 130 Å². The molecule has 0 spiro atoms. The molecule has 88 heavy (non-hydrogen) atoms. The number of benzene rings is 5. The van der Waals surface area contributed by atoms with Crippen molar-refractivity contribution in [2.75, 3.05) is 45.3 Å². The fourth-order valence-electron chi connectivity index (χ4n) is 9.20. The van der Waals surface area contributed by atoms with E-state index in [9.17, 15) is 33.6 Å². The normalized spacial score (nSPS) is 17.3. The SMILES string of the molecule is COc1ccc(NC(C)=O)cc1C(=O)NNC(=O)[C@H](CCCCNC(=O)OCc1ccccc1)NC(=O)CCOC[C@H]1OC(OCCCNC(=O)[C@@H](NC(=O)[C@H](C)N)C(C)C)[C@H](OCc2ccccc2)[C@@H](OCc2ccccc2)[C@@H]1OCc1ccccc1. The van der Waals surface area contributed by atoms with Crippen molar-refractivity contribution in [2.24, 2.45) is 11.7 Å². The molecule has 6 rings (SSSR count). The zero-order valence-electron chi connectivity index (χ0n) is 50.6. The van der Waals surface area contributed by atoms with Gasteiger partial charge < -0.3 is 70.2 Å². The number of methoxy groups -OCH3 is 1. The number of nitrogens with two attached hydrogens (primary N) is 1. The van der Waals surface area contributed by atoms with Crippen LogP contribution in [-0.2, 0) is 83.6 Å². The van der Waals surface area contributed by atoms with Crippen LogP contribution in [0.3, 0.4) is 0 Å². The molecule has 1 heterocycles. The van der Waals surface area contributed by atoms with Crippen molar-refractivity contribution in [3.8, 4) is 5.75 Å². The highest BCUT2D eigenvalue weighted by molar-refractivity contribution is 6.00. The third kappa shape index (κ3) is 23.8. The number of rotatable bonds is 35. The summed E-state index contributed by atoms with van der Waals surface area (Å²) in [6, 6.07) is 39.7. The largest absolute Gasteiger partial charge is 0.496 e. The number of carbonyl (C=O) groups excluding carboxylic acids is 7. The maximum atomic E-state index is 13.9. The van der Waals surface area contributed by atoms with E-state index in [4.69, 9.17) is 43.6 Å². The van der Waals surface area contributed by atoms with Gasteiger partial charge in [-0.25, -0.2) is 4.79 Å². The van der Waals surface area contributed by atoms with Gasteiger partial charge in [0.05, 0.1) is 58.4 Å². The second-order valence-electron chi connectivity index (χ2n) is 21.3. The number of alkyl carbamates (subject to hydrolysis) is 1. The predicted octanol–water partition coefficient (Wildman–Crippen LogP) is 5.89. The fraction of sp³-hybridized carbons (Fsp3) is 0.431. The van der Waals surface area contributed by atoms with Crippen molar-refractivity contribution in [2.45, 2.75) is 135 Å². The molecule has 0 aromatic heterocycles. The summed E-state index contributed by atoms with van der Waals surface area (Å²) in [4.78, 5) is 91.1. The van der Waals surface area contributed by atoms with Gasteiger partial charge in [-0.1, -0.05) is 135 Å². The molecule has 1 unspecified atom stereocenters. The Morgan fingerprint density at radius 3 is 1.73 bits per heavy atom. The van der Waals surface area contributed by atoms with Crippen molar-refractivity contribution in [3.05, 3.63) is 167 Å². The minimum Gasteiger partial charge on any atom is -0.496 e. The van der Waals surface area contributed by atoms with E-state index in [0.717, 1.165) is 22.3 Å². The van der Waals surface area contributed by atoms with Gasteiger partial charge in [0, 0.05) is 32.1 Å². The molecule has 8 atom stereocenters. The van der Waals surface area contributed by atoms with Gasteiger partial charge in [-0.05, 0) is 79.0 Å². The van der Waals surface area contributed by atoms with Gasteiger partial charge in [0.2, 0.25) is 23.6 Å². The highest BCUT2D eigenvalue weighted by Crippen LogP contribution is 2.32. The van der Waals surface area contributed by atoms with Gasteiger partial charge in [-0.3, -0.25) is 39.6 Å². The lowest BCUT2D eigenvalue weighted by Gasteiger charge is -2.46. The summed E-state index contributed by atoms with van der Waals surface area (Å²) in [6.07, 6.45) is -4.13. The van der Waals surface area contributed by atoms with Crippen LogP contribution in [0.15, 0.2) is 140 Å². The molecule has 5 aromatic carbocycles. The van der Waals surface area contributed by atoms with Crippen LogP contribution in [0.2, 0.25) is 0 Å². The molecule has 0 radical (unpaired) electrons. The summed E-state index contributed by atoms with van der Waals surface area (Å²) in [5, 5.41) is 13.7. The highest BCUT2D eigenvalue weighted by Gasteiger charge is 2.49. The summed E-state index contributed by atoms with van der Waals surface area (Å²) in [6.45, 7) is 7.35. The Labute approximate surface area is 514 Å². The second kappa shape index (κ2) is 37.4. The van der Waals surface area contributed by atoms with Crippen molar-refractivity contribution in [1.29, 1.82) is 0 Å². The maximum absolute atomic E-state index is 13.9. The van der Waals surface area contributed by atoms with Gasteiger partial charge in [0.1, 0.15) is 48.9 Å². The van der Waals surface area contributed by atoms with Crippen LogP contribution in [0.1, 0.15) is 92.4 Å². The van der Waals surface area contributed by atoms with E-state index in [1.165, 1.54) is 26.2 Å². The molecule has 474 valence electrons. The lowest BCUT2D eigenvalue weighted by molar-refractivity contribution is -0.328. The average Bonchev–Trinajstić information content (AvgIpc) is 2.00. The first-order chi connectivity index (χ1) is 42.6. The smallest absolute Gasteiger partial charge is 0.407 e. The lowest BCUT2D eigenvalue weighted by atomic mass is 9.97. The zero-order valence-corrected chi connectivity index (χ0v) is 50.6. The fourth-order valence-corrected chi connectivity index (χ4v) is 9.20. The third-order valence-electron chi connectivity index (χ3n) is 13.9. The minimum atomic E-state index is -1.16. The maximum Gasteiger partial charge on any atom is 0.407 e. The number of anilines is 1. The molecule has 0 saturated carbocycles. The molecule has 9 N–H and O–H groups in total. The van der Waals surface area contributed by atoms with Crippen LogP contribution < -0.4 is 47.9 Å². The Morgan fingerprint density at radius 1 is 0.591 bits per heavy atom. The standard InChI is InChI=1S/C65H84N8O15/c1-43(2)56(71-60(76)44(3)66)63(79)67-34-20-35-83-64-59(86-40-48-25-14-8-15-26-48)58(85-39-47-23-12-7-13-24-47)57(84-38-46-21-10-6-11-22-46)54(88-64)42-82-36-32-55(75)70-52(29-18-19-33-68-65(80)87-41-49-27-16-9-17-28-49)62(78)73-72-61(77)51-37-50(69-45(4)74)30-31-53(51)81-5/h6-17,21-28,30-31,37,43-44,52,54,56-59,64H,18-20,29,32-36,38-42,66H2,1-5H3,(H,67,79)(H,68,80)(H,69,74)(H,70,75)(H,71,76)(H,72,77)(H,73,78)/t44-,52-,54+,56-,57+,58-,59+,64?/m0/s1. The Kier molecular flexibility index (Phi) is 29.3. The predicted molar refractivity (Wildman–Crippen MR) is 326 cm³/mol. The molecule has 23 heteroatoms. The van der Waals surface area contributed by atoms with Crippen molar-refractivity contribution in [1.82, 2.24) is 32.1 Å². The molecule has 5 aromatic rings. The summed E-state index contributed by atoms with van der Waals surface area (Å²) < 4.78 is 50.6. The second-order valence-corrected chi connectivity index (χ2v) is 21.3. The average molecular weight is 1220 g/mol. The van der Waals surface area contributed by atoms with E-state index in [-0.39, 0.29) is 101 Å². The number of hydrogen-bond acceptors (Lipinski definition) is 16. The summed E-state index contributed by atoms with van der Waals surface area (Å²) >= 11 is 0. The van der Waals surface area contributed by atoms with Gasteiger partial charge in [-0.15, -0.1) is 0 Å². The van der Waals surface area contributed by atoms with E-state index >= 15 is 0 Å². The first-order valence-electron chi connectivity index (χ1n) is 29.5. The van der Waals surface area contributed by atoms with Crippen LogP contribution in [0.25, 0.3) is 0 Å². The number of unbranched alkanes of at least 4 members (excludes halogenated alkanes) is 1. The molecular formula is C65H84N8O15. The van der Waals surface area contributed by atoms with E-state index in [1.54, 1.807) is 13.0 Å². The monoisotopic (exact) mass is 1220 g/mol. The van der Waals surface area contributed by atoms with E-state index in [1.807, 2.05) is 135 Å². The lowest BCUT2D eigenvalue weighted by Crippen LogP contribution is -2.62. The molecule has 23 nitrogen and oxygen atoms in total. The number of hydrazine groups is 1. The van der Waals surface area contributed by atoms with Crippen LogP contribution in [0.5, 0.6) is 5.75 Å². The molecule has 1 aliphatic heterocycles. The molecule has 7 amide bonds. The first-order valence-corrected chi connectivity index (χ1v) is 29.5. The molecule has 0 aliphatic carbocycles. The zero-order chi connectivity index (χ0) is 63.0. The number of ether oxygens (including phenoxy) is 8. The highest BCUT2D eigenvalue weighted by atomic mass is 16.7. The summed E-state index contributed by atoms with van der Waals surface area (Å²) in [5.74, 6) is -3.26. The Morgan fingerprint density at radius 2 is 1.16 bits per heavy atom. The Balaban J connectivity index is 1.16. The number of amides is 7. The summed E-state index contributed by atoms with van der Waals surface area (Å²) in [5.41, 5.74) is 14.4. The van der Waals surface area contributed by atoms with Crippen molar-refractivity contribution < 1.29 is 71.5 Å². The quantitative estimate of drug-likeness (QED) is 0.0173. The molecular weight excluding hydrogens is 1130 g/mol. The van der Waals surface area contributed by atoms with Crippen LogP contribution in [0, 0.1) is 5.92 Å². The number of hydrogen-bond donors (Lipinski definition) is 8. The Hall–Kier alpha value is -8.29. The molecule has 0 bridgehead atoms. The first kappa shape index (κ1) is 68.8. The summed E-state index contributed by atoms with van der Waals surface area (Å²) in [7, 11) is 1.37. The molecule has 1 aliphatic rings. The number of nitrogens with one attached hydrogen (secondary N) is 7. The minimum absolute atomic E-state index is 0.0112. The van der Waals surface area contributed by atoms with Gasteiger partial charge in [-0.2, -0.15) is 0 Å². The van der Waals surface area contributed by atoms with E-state index in [2.05, 4.69) is 37.4 Å². The van der Waals surface area contributed by atoms with E-state index < -0.39 is 78.6 Å². The van der Waals surface area contributed by atoms with Crippen molar-refractivity contribution in [3.63, 3.8) is 0 Å². The van der Waals surface area contributed by atoms with Gasteiger partial charge >= 0.3 is 6.09 Å². The van der Waals surface area contributed by atoms with Gasteiger partial charge in [0.15, 0.2) is 6.29 Å². The Bertz CT molecular complexity index is 2950. The number of carbonyl (C=O) groups is 7. The van der Waals surface area contributed by atoms with Gasteiger partial charge in [0.25, 0.3) is 11.8 Å². The van der Waals surface area contributed by atoms with E-state index in [0.29, 0.717) is 24.9 Å².